The van der Waals surface area contributed by atoms with Crippen LogP contribution < -0.4 is 5.32 Å². The minimum Gasteiger partial charge on any atom is -0.480 e. The number of aliphatic carboxylic acids is 1. The highest BCUT2D eigenvalue weighted by Crippen LogP contribution is 2.20. The third-order valence-corrected chi connectivity index (χ3v) is 4.62. The summed E-state index contributed by atoms with van der Waals surface area (Å²) < 4.78 is 0. The van der Waals surface area contributed by atoms with E-state index in [0.717, 1.165) is 16.5 Å². The van der Waals surface area contributed by atoms with E-state index in [1.165, 1.54) is 0 Å². The van der Waals surface area contributed by atoms with E-state index in [4.69, 9.17) is 5.11 Å². The summed E-state index contributed by atoms with van der Waals surface area (Å²) in [6.07, 6.45) is 0.313. The second-order valence-electron chi connectivity index (χ2n) is 5.87. The molecule has 0 radical (unpaired) electrons. The first-order valence-corrected chi connectivity index (χ1v) is 8.74. The van der Waals surface area contributed by atoms with E-state index in [1.807, 2.05) is 12.3 Å². The zero-order chi connectivity index (χ0) is 16.0. The highest BCUT2D eigenvalue weighted by molar-refractivity contribution is 7.98. The van der Waals surface area contributed by atoms with Crippen LogP contribution in [0.5, 0.6) is 0 Å². The SMILES string of the molecule is Cc1nc(CSCCC(=O)N[C@H](C(=O)O)C(C)(C)C)cs1. The number of nitrogens with zero attached hydrogens (tertiary/aromatic N) is 1. The first-order chi connectivity index (χ1) is 9.70. The maximum absolute atomic E-state index is 11.8. The highest BCUT2D eigenvalue weighted by Gasteiger charge is 2.32. The zero-order valence-corrected chi connectivity index (χ0v) is 14.4. The fraction of sp³-hybridized carbons (Fsp3) is 0.643. The van der Waals surface area contributed by atoms with Gasteiger partial charge in [-0.05, 0) is 12.3 Å². The molecule has 0 spiro atoms. The van der Waals surface area contributed by atoms with Crippen LogP contribution in [0.4, 0.5) is 0 Å². The van der Waals surface area contributed by atoms with Crippen molar-refractivity contribution < 1.29 is 14.7 Å². The lowest BCUT2D eigenvalue weighted by Gasteiger charge is -2.27. The van der Waals surface area contributed by atoms with E-state index in [9.17, 15) is 9.59 Å². The van der Waals surface area contributed by atoms with Crippen LogP contribution in [0.3, 0.4) is 0 Å². The molecule has 0 aliphatic rings. The van der Waals surface area contributed by atoms with Gasteiger partial charge in [-0.25, -0.2) is 9.78 Å². The average Bonchev–Trinajstić information content (AvgIpc) is 2.76. The Morgan fingerprint density at radius 3 is 2.62 bits per heavy atom. The second-order valence-corrected chi connectivity index (χ2v) is 8.03. The Bertz CT molecular complexity index is 495. The van der Waals surface area contributed by atoms with Crippen LogP contribution >= 0.6 is 23.1 Å². The Morgan fingerprint density at radius 2 is 2.14 bits per heavy atom. The smallest absolute Gasteiger partial charge is 0.326 e. The number of hydrogen-bond acceptors (Lipinski definition) is 5. The van der Waals surface area contributed by atoms with E-state index in [0.29, 0.717) is 12.2 Å². The molecule has 1 heterocycles. The van der Waals surface area contributed by atoms with Crippen LogP contribution in [-0.2, 0) is 15.3 Å². The lowest BCUT2D eigenvalue weighted by Crippen LogP contribution is -2.49. The summed E-state index contributed by atoms with van der Waals surface area (Å²) >= 11 is 3.24. The molecule has 0 aromatic carbocycles. The van der Waals surface area contributed by atoms with Gasteiger partial charge in [0.15, 0.2) is 0 Å². The van der Waals surface area contributed by atoms with E-state index < -0.39 is 17.4 Å². The number of carboxylic acids is 1. The molecule has 0 aliphatic carbocycles. The fourth-order valence-corrected chi connectivity index (χ4v) is 3.25. The Balaban J connectivity index is 2.31. The number of aromatic nitrogens is 1. The van der Waals surface area contributed by atoms with Crippen molar-refractivity contribution in [2.45, 2.75) is 45.9 Å². The maximum Gasteiger partial charge on any atom is 0.326 e. The molecule has 1 aromatic rings. The van der Waals surface area contributed by atoms with Gasteiger partial charge in [-0.15, -0.1) is 11.3 Å². The molecule has 0 bridgehead atoms. The Kier molecular flexibility index (Phi) is 6.67. The van der Waals surface area contributed by atoms with Crippen LogP contribution in [0.25, 0.3) is 0 Å². The molecule has 0 saturated heterocycles. The van der Waals surface area contributed by atoms with Gasteiger partial charge in [0.2, 0.25) is 5.91 Å². The third kappa shape index (κ3) is 6.48. The van der Waals surface area contributed by atoms with Crippen LogP contribution in [-0.4, -0.2) is 33.8 Å². The van der Waals surface area contributed by atoms with E-state index >= 15 is 0 Å². The van der Waals surface area contributed by atoms with Crippen molar-refractivity contribution in [1.82, 2.24) is 10.3 Å². The van der Waals surface area contributed by atoms with Crippen molar-refractivity contribution >= 4 is 35.0 Å². The molecule has 0 aliphatic heterocycles. The van der Waals surface area contributed by atoms with Crippen molar-refractivity contribution in [3.05, 3.63) is 16.1 Å². The van der Waals surface area contributed by atoms with Crippen molar-refractivity contribution in [2.75, 3.05) is 5.75 Å². The maximum atomic E-state index is 11.8. The molecule has 21 heavy (non-hydrogen) atoms. The number of thiazole rings is 1. The number of amides is 1. The summed E-state index contributed by atoms with van der Waals surface area (Å²) in [5, 5.41) is 14.8. The molecule has 2 N–H and O–H groups in total. The number of nitrogens with one attached hydrogen (secondary N) is 1. The monoisotopic (exact) mass is 330 g/mol. The normalized spacial score (nSPS) is 13.0. The molecule has 0 saturated carbocycles. The summed E-state index contributed by atoms with van der Waals surface area (Å²) in [5.41, 5.74) is 0.522. The van der Waals surface area contributed by atoms with Crippen LogP contribution in [0, 0.1) is 12.3 Å². The molecule has 0 unspecified atom stereocenters. The van der Waals surface area contributed by atoms with Crippen molar-refractivity contribution in [1.29, 1.82) is 0 Å². The largest absolute Gasteiger partial charge is 0.480 e. The van der Waals surface area contributed by atoms with Gasteiger partial charge in [-0.3, -0.25) is 4.79 Å². The molecule has 1 atom stereocenters. The van der Waals surface area contributed by atoms with Gasteiger partial charge in [0.1, 0.15) is 6.04 Å². The van der Waals surface area contributed by atoms with Crippen LogP contribution in [0.2, 0.25) is 0 Å². The quantitative estimate of drug-likeness (QED) is 0.752. The summed E-state index contributed by atoms with van der Waals surface area (Å²) in [5.74, 6) is 0.207. The van der Waals surface area contributed by atoms with Crippen molar-refractivity contribution in [3.8, 4) is 0 Å². The molecule has 1 aromatic heterocycles. The first-order valence-electron chi connectivity index (χ1n) is 6.71. The number of hydrogen-bond donors (Lipinski definition) is 2. The van der Waals surface area contributed by atoms with E-state index in [1.54, 1.807) is 43.9 Å². The molecule has 7 heteroatoms. The molecular weight excluding hydrogens is 308 g/mol. The lowest BCUT2D eigenvalue weighted by atomic mass is 9.87. The zero-order valence-electron chi connectivity index (χ0n) is 12.8. The number of carbonyl (C=O) groups is 2. The topological polar surface area (TPSA) is 79.3 Å². The number of carbonyl (C=O) groups excluding carboxylic acids is 1. The lowest BCUT2D eigenvalue weighted by molar-refractivity contribution is -0.144. The minimum absolute atomic E-state index is 0.223. The molecule has 1 amide bonds. The van der Waals surface area contributed by atoms with E-state index in [-0.39, 0.29) is 5.91 Å². The van der Waals surface area contributed by atoms with Crippen molar-refractivity contribution in [3.63, 3.8) is 0 Å². The Morgan fingerprint density at radius 1 is 1.48 bits per heavy atom. The predicted molar refractivity (Wildman–Crippen MR) is 86.7 cm³/mol. The standard InChI is InChI=1S/C14H22N2O3S2/c1-9-15-10(8-21-9)7-20-6-5-11(17)16-12(13(18)19)14(2,3)4/h8,12H,5-7H2,1-4H3,(H,16,17)(H,18,19)/t12-/m1/s1. The summed E-state index contributed by atoms with van der Waals surface area (Å²) in [6.45, 7) is 7.35. The van der Waals surface area contributed by atoms with Gasteiger partial charge < -0.3 is 10.4 Å². The molecule has 1 rings (SSSR count). The Hall–Kier alpha value is -1.08. The Labute approximate surface area is 133 Å². The van der Waals surface area contributed by atoms with Gasteiger partial charge in [-0.2, -0.15) is 11.8 Å². The highest BCUT2D eigenvalue weighted by atomic mass is 32.2. The van der Waals surface area contributed by atoms with Gasteiger partial charge in [0.25, 0.3) is 0 Å². The van der Waals surface area contributed by atoms with Gasteiger partial charge in [0, 0.05) is 23.3 Å². The fourth-order valence-electron chi connectivity index (χ4n) is 1.70. The number of aryl methyl sites for hydroxylation is 1. The summed E-state index contributed by atoms with van der Waals surface area (Å²) in [6, 6.07) is -0.865. The summed E-state index contributed by atoms with van der Waals surface area (Å²) in [4.78, 5) is 27.3. The molecule has 5 nitrogen and oxygen atoms in total. The first kappa shape index (κ1) is 18.0. The third-order valence-electron chi connectivity index (χ3n) is 2.81. The summed E-state index contributed by atoms with van der Waals surface area (Å²) in [7, 11) is 0. The predicted octanol–water partition coefficient (Wildman–Crippen LogP) is 2.69. The number of thioether (sulfide) groups is 1. The minimum atomic E-state index is -0.999. The van der Waals surface area contributed by atoms with Gasteiger partial charge in [0.05, 0.1) is 10.7 Å². The van der Waals surface area contributed by atoms with Crippen LogP contribution in [0.15, 0.2) is 5.38 Å². The molecule has 118 valence electrons. The molecular formula is C14H22N2O3S2. The molecule has 0 fully saturated rings. The second kappa shape index (κ2) is 7.79. The number of rotatable bonds is 7. The van der Waals surface area contributed by atoms with Gasteiger partial charge in [-0.1, -0.05) is 20.8 Å². The van der Waals surface area contributed by atoms with E-state index in [2.05, 4.69) is 10.3 Å². The average molecular weight is 330 g/mol. The van der Waals surface area contributed by atoms with Crippen molar-refractivity contribution in [2.24, 2.45) is 5.41 Å². The van der Waals surface area contributed by atoms with Gasteiger partial charge >= 0.3 is 5.97 Å². The number of carboxylic acid groups (broad SMARTS) is 1. The van der Waals surface area contributed by atoms with Crippen LogP contribution in [0.1, 0.15) is 37.9 Å².